The average Bonchev–Trinajstić information content (AvgIpc) is 2.86. The Labute approximate surface area is 140 Å². The number of phenolic OH excluding ortho intramolecular Hbond substituents is 1. The molecule has 1 heterocycles. The number of benzene rings is 2. The van der Waals surface area contributed by atoms with Gasteiger partial charge in [-0.25, -0.2) is 0 Å². The van der Waals surface area contributed by atoms with Crippen LogP contribution in [0.5, 0.6) is 11.5 Å². The zero-order valence-electron chi connectivity index (χ0n) is 13.9. The van der Waals surface area contributed by atoms with Gasteiger partial charge in [0.15, 0.2) is 0 Å². The minimum absolute atomic E-state index is 0.253. The molecule has 5 nitrogen and oxygen atoms in total. The van der Waals surface area contributed by atoms with Crippen LogP contribution in [0.4, 0.5) is 0 Å². The Kier molecular flexibility index (Phi) is 4.42. The highest BCUT2D eigenvalue weighted by molar-refractivity contribution is 5.30. The number of ether oxygens (including phenoxy) is 1. The molecule has 0 radical (unpaired) electrons. The summed E-state index contributed by atoms with van der Waals surface area (Å²) >= 11 is 0. The van der Waals surface area contributed by atoms with Gasteiger partial charge < -0.3 is 19.0 Å². The van der Waals surface area contributed by atoms with Gasteiger partial charge in [0, 0.05) is 25.4 Å². The summed E-state index contributed by atoms with van der Waals surface area (Å²) in [5, 5.41) is 17.7. The van der Waals surface area contributed by atoms with Gasteiger partial charge in [-0.15, -0.1) is 0 Å². The van der Waals surface area contributed by atoms with Crippen LogP contribution < -0.4 is 10.4 Å². The van der Waals surface area contributed by atoms with Gasteiger partial charge in [0.1, 0.15) is 11.5 Å². The molecule has 0 saturated heterocycles. The lowest BCUT2D eigenvalue weighted by Gasteiger charge is -2.04. The van der Waals surface area contributed by atoms with Gasteiger partial charge >= 0.3 is 0 Å². The second kappa shape index (κ2) is 6.66. The summed E-state index contributed by atoms with van der Waals surface area (Å²) in [4.78, 5) is 0. The van der Waals surface area contributed by atoms with E-state index in [0.717, 1.165) is 23.4 Å². The van der Waals surface area contributed by atoms with Crippen LogP contribution in [0.2, 0.25) is 0 Å². The van der Waals surface area contributed by atoms with Crippen molar-refractivity contribution in [1.29, 1.82) is 5.41 Å². The van der Waals surface area contributed by atoms with E-state index in [9.17, 15) is 5.11 Å². The third-order valence-corrected chi connectivity index (χ3v) is 4.16. The Bertz CT molecular complexity index is 874. The molecule has 3 aromatic rings. The molecule has 0 bridgehead atoms. The standard InChI is InChI=1S/C19H21N3O2/c1-21-16(11-14-5-9-18(24-2)10-6-14)13-22(19(21)20)12-15-3-7-17(23)8-4-15/h3-10,13,20,23H,11-12H2,1-2H3. The fourth-order valence-corrected chi connectivity index (χ4v) is 2.69. The number of methoxy groups -OCH3 is 1. The molecule has 24 heavy (non-hydrogen) atoms. The van der Waals surface area contributed by atoms with Gasteiger partial charge in [0.05, 0.1) is 13.7 Å². The molecule has 0 aliphatic rings. The predicted octanol–water partition coefficient (Wildman–Crippen LogP) is 2.66. The van der Waals surface area contributed by atoms with Crippen LogP contribution in [0.1, 0.15) is 16.8 Å². The number of nitrogens with zero attached hydrogens (tertiary/aromatic N) is 2. The minimum Gasteiger partial charge on any atom is -0.508 e. The molecule has 1 aromatic heterocycles. The predicted molar refractivity (Wildman–Crippen MR) is 92.3 cm³/mol. The number of nitrogens with one attached hydrogen (secondary N) is 1. The first-order chi connectivity index (χ1) is 11.6. The van der Waals surface area contributed by atoms with Crippen LogP contribution in [0.3, 0.4) is 0 Å². The monoisotopic (exact) mass is 323 g/mol. The number of aromatic nitrogens is 2. The van der Waals surface area contributed by atoms with E-state index >= 15 is 0 Å². The minimum atomic E-state index is 0.253. The Hall–Kier alpha value is -2.95. The summed E-state index contributed by atoms with van der Waals surface area (Å²) in [5.41, 5.74) is 3.75. The summed E-state index contributed by atoms with van der Waals surface area (Å²) < 4.78 is 8.99. The third kappa shape index (κ3) is 3.35. The second-order valence-electron chi connectivity index (χ2n) is 5.82. The highest BCUT2D eigenvalue weighted by Crippen LogP contribution is 2.15. The Morgan fingerprint density at radius 3 is 2.25 bits per heavy atom. The number of phenols is 1. The Morgan fingerprint density at radius 2 is 1.62 bits per heavy atom. The number of imidazole rings is 1. The second-order valence-corrected chi connectivity index (χ2v) is 5.82. The van der Waals surface area contributed by atoms with Crippen molar-refractivity contribution in [3.63, 3.8) is 0 Å². The molecule has 0 spiro atoms. The van der Waals surface area contributed by atoms with Crippen molar-refractivity contribution < 1.29 is 9.84 Å². The number of aromatic hydroxyl groups is 1. The van der Waals surface area contributed by atoms with E-state index < -0.39 is 0 Å². The highest BCUT2D eigenvalue weighted by atomic mass is 16.5. The summed E-state index contributed by atoms with van der Waals surface area (Å²) in [5.74, 6) is 1.09. The van der Waals surface area contributed by atoms with Crippen LogP contribution >= 0.6 is 0 Å². The molecule has 0 aliphatic heterocycles. The fraction of sp³-hybridized carbons (Fsp3) is 0.211. The van der Waals surface area contributed by atoms with Crippen molar-refractivity contribution in [1.82, 2.24) is 9.13 Å². The lowest BCUT2D eigenvalue weighted by atomic mass is 10.1. The van der Waals surface area contributed by atoms with E-state index in [1.165, 1.54) is 5.56 Å². The Morgan fingerprint density at radius 1 is 1.00 bits per heavy atom. The van der Waals surface area contributed by atoms with Crippen LogP contribution in [-0.4, -0.2) is 21.4 Å². The zero-order valence-corrected chi connectivity index (χ0v) is 13.9. The molecule has 0 saturated carbocycles. The first-order valence-electron chi connectivity index (χ1n) is 7.77. The highest BCUT2D eigenvalue weighted by Gasteiger charge is 2.07. The fourth-order valence-electron chi connectivity index (χ4n) is 2.69. The lowest BCUT2D eigenvalue weighted by Crippen LogP contribution is -2.23. The molecule has 5 heteroatoms. The zero-order chi connectivity index (χ0) is 17.1. The maximum atomic E-state index is 9.37. The summed E-state index contributed by atoms with van der Waals surface area (Å²) in [7, 11) is 3.57. The molecule has 3 rings (SSSR count). The lowest BCUT2D eigenvalue weighted by molar-refractivity contribution is 0.414. The van der Waals surface area contributed by atoms with E-state index in [1.807, 2.05) is 58.8 Å². The van der Waals surface area contributed by atoms with Crippen LogP contribution in [0, 0.1) is 5.41 Å². The van der Waals surface area contributed by atoms with Gasteiger partial charge in [-0.1, -0.05) is 24.3 Å². The number of hydrogen-bond donors (Lipinski definition) is 2. The number of rotatable bonds is 5. The molecule has 0 amide bonds. The quantitative estimate of drug-likeness (QED) is 0.758. The maximum Gasteiger partial charge on any atom is 0.202 e. The van der Waals surface area contributed by atoms with E-state index in [2.05, 4.69) is 0 Å². The van der Waals surface area contributed by atoms with Crippen molar-refractivity contribution in [2.24, 2.45) is 7.05 Å². The third-order valence-electron chi connectivity index (χ3n) is 4.16. The SMILES string of the molecule is COc1ccc(Cc2cn(Cc3ccc(O)cc3)c(=N)n2C)cc1. The molecule has 0 aliphatic carbocycles. The average molecular weight is 323 g/mol. The van der Waals surface area contributed by atoms with Crippen molar-refractivity contribution in [2.75, 3.05) is 7.11 Å². The maximum absolute atomic E-state index is 9.37. The van der Waals surface area contributed by atoms with Gasteiger partial charge in [0.2, 0.25) is 5.62 Å². The van der Waals surface area contributed by atoms with E-state index in [-0.39, 0.29) is 5.75 Å². The van der Waals surface area contributed by atoms with Crippen LogP contribution in [0.25, 0.3) is 0 Å². The van der Waals surface area contributed by atoms with Crippen molar-refractivity contribution >= 4 is 0 Å². The van der Waals surface area contributed by atoms with Gasteiger partial charge in [-0.2, -0.15) is 0 Å². The largest absolute Gasteiger partial charge is 0.508 e. The van der Waals surface area contributed by atoms with Crippen molar-refractivity contribution in [2.45, 2.75) is 13.0 Å². The van der Waals surface area contributed by atoms with Gasteiger partial charge in [-0.3, -0.25) is 5.41 Å². The molecule has 124 valence electrons. The smallest absolute Gasteiger partial charge is 0.202 e. The molecule has 0 unspecified atom stereocenters. The Balaban J connectivity index is 1.82. The first kappa shape index (κ1) is 15.9. The molecular formula is C19H21N3O2. The van der Waals surface area contributed by atoms with E-state index in [1.54, 1.807) is 19.2 Å². The van der Waals surface area contributed by atoms with Gasteiger partial charge in [0.25, 0.3) is 0 Å². The van der Waals surface area contributed by atoms with Crippen molar-refractivity contribution in [3.8, 4) is 11.5 Å². The van der Waals surface area contributed by atoms with Gasteiger partial charge in [-0.05, 0) is 35.4 Å². The molecule has 0 fully saturated rings. The molecule has 2 aromatic carbocycles. The molecule has 0 atom stereocenters. The normalized spacial score (nSPS) is 10.8. The summed E-state index contributed by atoms with van der Waals surface area (Å²) in [6, 6.07) is 15.1. The van der Waals surface area contributed by atoms with E-state index in [0.29, 0.717) is 12.2 Å². The summed E-state index contributed by atoms with van der Waals surface area (Å²) in [6.45, 7) is 0.607. The molecular weight excluding hydrogens is 302 g/mol. The van der Waals surface area contributed by atoms with Crippen LogP contribution in [0.15, 0.2) is 54.7 Å². The summed E-state index contributed by atoms with van der Waals surface area (Å²) in [6.07, 6.45) is 2.77. The van der Waals surface area contributed by atoms with Crippen molar-refractivity contribution in [3.05, 3.63) is 77.2 Å². The molecule has 2 N–H and O–H groups in total. The number of hydrogen-bond acceptors (Lipinski definition) is 3. The topological polar surface area (TPSA) is 63.2 Å². The first-order valence-corrected chi connectivity index (χ1v) is 7.77. The van der Waals surface area contributed by atoms with E-state index in [4.69, 9.17) is 10.1 Å². The van der Waals surface area contributed by atoms with Crippen LogP contribution in [-0.2, 0) is 20.0 Å².